The second-order valence-corrected chi connectivity index (χ2v) is 7.28. The average Bonchev–Trinajstić information content (AvgIpc) is 3.28. The lowest BCUT2D eigenvalue weighted by molar-refractivity contribution is -0.116. The highest BCUT2D eigenvalue weighted by molar-refractivity contribution is 7.13. The summed E-state index contributed by atoms with van der Waals surface area (Å²) in [6.07, 6.45) is 0. The van der Waals surface area contributed by atoms with Crippen LogP contribution in [0.5, 0.6) is 0 Å². The summed E-state index contributed by atoms with van der Waals surface area (Å²) in [5.74, 6) is 0.521. The number of anilines is 1. The fourth-order valence-corrected chi connectivity index (χ4v) is 3.56. The minimum absolute atomic E-state index is 0.00923. The SMILES string of the molecule is Cc1cc(=O)n2nc(-c3cccs3)nc2n1CC(=O)Nc1cccc(Cl)c1. The van der Waals surface area contributed by atoms with Gasteiger partial charge in [-0.15, -0.1) is 16.4 Å². The molecular weight excluding hydrogens is 386 g/mol. The van der Waals surface area contributed by atoms with Gasteiger partial charge >= 0.3 is 0 Å². The second kappa shape index (κ2) is 6.98. The van der Waals surface area contributed by atoms with Crippen molar-refractivity contribution in [2.24, 2.45) is 0 Å². The van der Waals surface area contributed by atoms with Crippen molar-refractivity contribution in [3.05, 3.63) is 68.9 Å². The highest BCUT2D eigenvalue weighted by Gasteiger charge is 2.16. The molecule has 0 spiro atoms. The highest BCUT2D eigenvalue weighted by Crippen LogP contribution is 2.21. The van der Waals surface area contributed by atoms with Gasteiger partial charge in [-0.1, -0.05) is 23.7 Å². The molecule has 0 atom stereocenters. The third-order valence-electron chi connectivity index (χ3n) is 3.95. The van der Waals surface area contributed by atoms with Crippen molar-refractivity contribution >= 4 is 40.3 Å². The number of nitrogens with zero attached hydrogens (tertiary/aromatic N) is 4. The number of aryl methyl sites for hydroxylation is 1. The van der Waals surface area contributed by atoms with Gasteiger partial charge in [0.05, 0.1) is 4.88 Å². The van der Waals surface area contributed by atoms with E-state index in [1.54, 1.807) is 35.8 Å². The van der Waals surface area contributed by atoms with Gasteiger partial charge in [-0.2, -0.15) is 9.50 Å². The van der Waals surface area contributed by atoms with Crippen LogP contribution in [-0.2, 0) is 11.3 Å². The number of carbonyl (C=O) groups is 1. The van der Waals surface area contributed by atoms with Gasteiger partial charge in [0, 0.05) is 22.5 Å². The average molecular weight is 400 g/mol. The Morgan fingerprint density at radius 3 is 2.85 bits per heavy atom. The van der Waals surface area contributed by atoms with E-state index in [4.69, 9.17) is 11.6 Å². The largest absolute Gasteiger partial charge is 0.324 e. The molecule has 0 saturated carbocycles. The van der Waals surface area contributed by atoms with Gasteiger partial charge in [-0.25, -0.2) is 0 Å². The summed E-state index contributed by atoms with van der Waals surface area (Å²) in [5.41, 5.74) is 0.936. The van der Waals surface area contributed by atoms with Crippen molar-refractivity contribution in [1.82, 2.24) is 19.2 Å². The van der Waals surface area contributed by atoms with Crippen LogP contribution >= 0.6 is 22.9 Å². The molecule has 0 fully saturated rings. The number of nitrogens with one attached hydrogen (secondary N) is 1. The summed E-state index contributed by atoms with van der Waals surface area (Å²) >= 11 is 7.43. The minimum atomic E-state index is -0.288. The first-order valence-electron chi connectivity index (χ1n) is 8.08. The maximum Gasteiger partial charge on any atom is 0.275 e. The van der Waals surface area contributed by atoms with Crippen LogP contribution in [0.4, 0.5) is 5.69 Å². The van der Waals surface area contributed by atoms with Crippen molar-refractivity contribution in [3.8, 4) is 10.7 Å². The third kappa shape index (κ3) is 3.49. The molecule has 0 aliphatic heterocycles. The quantitative estimate of drug-likeness (QED) is 0.571. The number of hydrogen-bond donors (Lipinski definition) is 1. The number of halogens is 1. The molecule has 7 nitrogen and oxygen atoms in total. The molecule has 0 aliphatic rings. The number of aromatic nitrogens is 4. The molecule has 4 rings (SSSR count). The molecule has 0 aliphatic carbocycles. The number of hydrogen-bond acceptors (Lipinski definition) is 5. The van der Waals surface area contributed by atoms with E-state index in [2.05, 4.69) is 15.4 Å². The fraction of sp³-hybridized carbons (Fsp3) is 0.111. The van der Waals surface area contributed by atoms with Gasteiger partial charge < -0.3 is 9.88 Å². The van der Waals surface area contributed by atoms with Crippen LogP contribution in [0.15, 0.2) is 52.6 Å². The van der Waals surface area contributed by atoms with E-state index in [9.17, 15) is 9.59 Å². The molecule has 1 amide bonds. The van der Waals surface area contributed by atoms with Crippen molar-refractivity contribution in [3.63, 3.8) is 0 Å². The topological polar surface area (TPSA) is 81.3 Å². The standard InChI is InChI=1S/C18H14ClN5O2S/c1-11-8-16(26)24-18(21-17(22-24)14-6-3-7-27-14)23(11)10-15(25)20-13-5-2-4-12(19)9-13/h2-9H,10H2,1H3,(H,20,25). The Hall–Kier alpha value is -2.97. The van der Waals surface area contributed by atoms with Crippen molar-refractivity contribution in [2.45, 2.75) is 13.5 Å². The summed E-state index contributed by atoms with van der Waals surface area (Å²) in [6, 6.07) is 12.1. The van der Waals surface area contributed by atoms with Crippen LogP contribution in [0.2, 0.25) is 5.02 Å². The third-order valence-corrected chi connectivity index (χ3v) is 5.05. The number of amides is 1. The Morgan fingerprint density at radius 2 is 2.11 bits per heavy atom. The van der Waals surface area contributed by atoms with Crippen LogP contribution in [0.3, 0.4) is 0 Å². The van der Waals surface area contributed by atoms with Crippen molar-refractivity contribution < 1.29 is 4.79 Å². The van der Waals surface area contributed by atoms with Crippen LogP contribution in [0.25, 0.3) is 16.5 Å². The first-order valence-corrected chi connectivity index (χ1v) is 9.33. The molecule has 1 aromatic carbocycles. The summed E-state index contributed by atoms with van der Waals surface area (Å²) in [6.45, 7) is 1.75. The summed E-state index contributed by atoms with van der Waals surface area (Å²) < 4.78 is 2.88. The summed E-state index contributed by atoms with van der Waals surface area (Å²) in [4.78, 5) is 30.1. The maximum absolute atomic E-state index is 12.5. The zero-order valence-electron chi connectivity index (χ0n) is 14.2. The summed E-state index contributed by atoms with van der Waals surface area (Å²) in [5, 5.41) is 9.54. The Labute approximate surface area is 162 Å². The molecule has 4 aromatic rings. The van der Waals surface area contributed by atoms with E-state index in [1.165, 1.54) is 21.9 Å². The normalized spacial score (nSPS) is 11.0. The highest BCUT2D eigenvalue weighted by atomic mass is 35.5. The number of carbonyl (C=O) groups excluding carboxylic acids is 1. The van der Waals surface area contributed by atoms with Crippen molar-refractivity contribution in [1.29, 1.82) is 0 Å². The molecule has 9 heteroatoms. The van der Waals surface area contributed by atoms with Crippen LogP contribution in [0, 0.1) is 6.92 Å². The number of benzene rings is 1. The molecule has 136 valence electrons. The van der Waals surface area contributed by atoms with Crippen LogP contribution < -0.4 is 10.9 Å². The van der Waals surface area contributed by atoms with Crippen LogP contribution in [-0.4, -0.2) is 25.1 Å². The van der Waals surface area contributed by atoms with Gasteiger partial charge in [0.1, 0.15) is 6.54 Å². The van der Waals surface area contributed by atoms with E-state index in [-0.39, 0.29) is 18.0 Å². The van der Waals surface area contributed by atoms with Gasteiger partial charge in [0.15, 0.2) is 5.82 Å². The molecule has 1 N–H and O–H groups in total. The number of thiophene rings is 1. The lowest BCUT2D eigenvalue weighted by Crippen LogP contribution is -2.25. The smallest absolute Gasteiger partial charge is 0.275 e. The molecular formula is C18H14ClN5O2S. The van der Waals surface area contributed by atoms with E-state index in [1.807, 2.05) is 17.5 Å². The molecule has 3 aromatic heterocycles. The fourth-order valence-electron chi connectivity index (χ4n) is 2.72. The monoisotopic (exact) mass is 399 g/mol. The number of rotatable bonds is 4. The zero-order chi connectivity index (χ0) is 19.0. The molecule has 27 heavy (non-hydrogen) atoms. The molecule has 0 radical (unpaired) electrons. The zero-order valence-corrected chi connectivity index (χ0v) is 15.8. The Kier molecular flexibility index (Phi) is 4.51. The van der Waals surface area contributed by atoms with E-state index < -0.39 is 0 Å². The number of fused-ring (bicyclic) bond motifs is 1. The van der Waals surface area contributed by atoms with E-state index in [0.29, 0.717) is 28.0 Å². The Bertz CT molecular complexity index is 1200. The van der Waals surface area contributed by atoms with Gasteiger partial charge in [-0.3, -0.25) is 9.59 Å². The minimum Gasteiger partial charge on any atom is -0.324 e. The van der Waals surface area contributed by atoms with Gasteiger partial charge in [0.2, 0.25) is 11.7 Å². The lowest BCUT2D eigenvalue weighted by Gasteiger charge is -2.11. The molecule has 0 saturated heterocycles. The van der Waals surface area contributed by atoms with E-state index >= 15 is 0 Å². The first-order chi connectivity index (χ1) is 13.0. The molecule has 0 unspecified atom stereocenters. The van der Waals surface area contributed by atoms with E-state index in [0.717, 1.165) is 4.88 Å². The van der Waals surface area contributed by atoms with Gasteiger partial charge in [-0.05, 0) is 36.6 Å². The Morgan fingerprint density at radius 1 is 1.26 bits per heavy atom. The Balaban J connectivity index is 1.70. The van der Waals surface area contributed by atoms with Crippen molar-refractivity contribution in [2.75, 3.05) is 5.32 Å². The second-order valence-electron chi connectivity index (χ2n) is 5.89. The predicted octanol–water partition coefficient (Wildman–Crippen LogP) is 3.22. The van der Waals surface area contributed by atoms with Crippen LogP contribution in [0.1, 0.15) is 5.69 Å². The predicted molar refractivity (Wildman–Crippen MR) is 105 cm³/mol. The maximum atomic E-state index is 12.5. The van der Waals surface area contributed by atoms with Gasteiger partial charge in [0.25, 0.3) is 5.56 Å². The molecule has 0 bridgehead atoms. The first kappa shape index (κ1) is 17.4. The molecule has 3 heterocycles. The summed E-state index contributed by atoms with van der Waals surface area (Å²) in [7, 11) is 0. The lowest BCUT2D eigenvalue weighted by atomic mass is 10.3.